The fourth-order valence-corrected chi connectivity index (χ4v) is 9.22. The van der Waals surface area contributed by atoms with Crippen LogP contribution in [0.1, 0.15) is 57.4 Å². The Labute approximate surface area is 273 Å². The zero-order chi connectivity index (χ0) is 32.5. The van der Waals surface area contributed by atoms with E-state index in [1.165, 1.54) is 22.5 Å². The van der Waals surface area contributed by atoms with Crippen molar-refractivity contribution in [1.82, 2.24) is 24.4 Å². The molecule has 240 valence electrons. The fraction of sp³-hybridized carbons (Fsp3) is 0.469. The highest BCUT2D eigenvalue weighted by Gasteiger charge is 2.66. The van der Waals surface area contributed by atoms with Gasteiger partial charge in [0, 0.05) is 35.6 Å². The van der Waals surface area contributed by atoms with Gasteiger partial charge in [-0.25, -0.2) is 8.42 Å². The SMILES string of the molecule is CC(C)(C)[C@H](NC(=O)c1cc2ccccc2[nH]1)C(=O)N1C[C@H]2N(C(=O)C3CCCCN3S(=O)(=O)c3cc(Cl)ccc3Cl)CC21C. The molecule has 3 fully saturated rings. The van der Waals surface area contributed by atoms with E-state index < -0.39 is 33.1 Å². The molecule has 3 saturated heterocycles. The second kappa shape index (κ2) is 11.3. The summed E-state index contributed by atoms with van der Waals surface area (Å²) in [5.74, 6) is -0.855. The molecule has 4 atom stereocenters. The quantitative estimate of drug-likeness (QED) is 0.394. The van der Waals surface area contributed by atoms with Crippen LogP contribution in [0.3, 0.4) is 0 Å². The van der Waals surface area contributed by atoms with Gasteiger partial charge in [0.2, 0.25) is 21.8 Å². The molecule has 10 nitrogen and oxygen atoms in total. The molecule has 0 bridgehead atoms. The Morgan fingerprint density at radius 1 is 1.07 bits per heavy atom. The number of likely N-dealkylation sites (tertiary alicyclic amines) is 2. The van der Waals surface area contributed by atoms with E-state index in [9.17, 15) is 22.8 Å². The largest absolute Gasteiger partial charge is 0.351 e. The molecule has 3 aliphatic heterocycles. The van der Waals surface area contributed by atoms with Crippen molar-refractivity contribution in [3.05, 3.63) is 64.3 Å². The number of piperazine rings is 1. The van der Waals surface area contributed by atoms with Crippen LogP contribution in [-0.4, -0.2) is 88.5 Å². The molecule has 2 N–H and O–H groups in total. The number of amides is 3. The number of aromatic amines is 1. The van der Waals surface area contributed by atoms with Crippen LogP contribution >= 0.6 is 23.2 Å². The minimum absolute atomic E-state index is 0.0471. The number of carbonyl (C=O) groups excluding carboxylic acids is 3. The fourth-order valence-electron chi connectivity index (χ4n) is 6.83. The second-order valence-electron chi connectivity index (χ2n) is 13.5. The van der Waals surface area contributed by atoms with Gasteiger partial charge in [0.25, 0.3) is 5.91 Å². The minimum Gasteiger partial charge on any atom is -0.351 e. The predicted molar refractivity (Wildman–Crippen MR) is 173 cm³/mol. The standard InChI is InChI=1S/C32H37Cl2N5O5S/c1-31(2,3)27(36-28(40)23-15-19-9-5-6-10-22(19)35-23)30(42)38-17-26-32(38,4)18-37(26)29(41)24-11-7-8-14-39(24)45(43,44)25-16-20(33)12-13-21(25)34/h5-6,9-10,12-13,15-16,24,26-27,35H,7-8,11,14,17-18H2,1-4H3,(H,36,40)/t24?,26-,27-,32?/m1/s1. The van der Waals surface area contributed by atoms with E-state index in [1.54, 1.807) is 15.9 Å². The maximum absolute atomic E-state index is 14.0. The number of hydrogen-bond donors (Lipinski definition) is 2. The molecule has 2 unspecified atom stereocenters. The first-order valence-corrected chi connectivity index (χ1v) is 17.3. The monoisotopic (exact) mass is 673 g/mol. The first-order chi connectivity index (χ1) is 21.1. The number of hydrogen-bond acceptors (Lipinski definition) is 5. The van der Waals surface area contributed by atoms with Crippen molar-refractivity contribution in [2.24, 2.45) is 5.41 Å². The van der Waals surface area contributed by atoms with Crippen LogP contribution in [-0.2, 0) is 19.6 Å². The van der Waals surface area contributed by atoms with Gasteiger partial charge < -0.3 is 20.1 Å². The van der Waals surface area contributed by atoms with Crippen molar-refractivity contribution >= 4 is 61.8 Å². The first-order valence-electron chi connectivity index (χ1n) is 15.1. The van der Waals surface area contributed by atoms with Gasteiger partial charge in [0.15, 0.2) is 0 Å². The molecule has 6 rings (SSSR count). The number of carbonyl (C=O) groups is 3. The Balaban J connectivity index is 1.16. The summed E-state index contributed by atoms with van der Waals surface area (Å²) in [6.07, 6.45) is 1.74. The van der Waals surface area contributed by atoms with Crippen LogP contribution < -0.4 is 5.32 Å². The maximum atomic E-state index is 14.0. The summed E-state index contributed by atoms with van der Waals surface area (Å²) < 4.78 is 28.7. The van der Waals surface area contributed by atoms with Gasteiger partial charge in [0.1, 0.15) is 22.7 Å². The molecule has 3 amide bonds. The Hall–Kier alpha value is -3.12. The second-order valence-corrected chi connectivity index (χ2v) is 16.2. The summed E-state index contributed by atoms with van der Waals surface area (Å²) in [4.78, 5) is 47.6. The van der Waals surface area contributed by atoms with Gasteiger partial charge in [-0.2, -0.15) is 4.31 Å². The van der Waals surface area contributed by atoms with Gasteiger partial charge in [-0.15, -0.1) is 0 Å². The van der Waals surface area contributed by atoms with Crippen LogP contribution in [0.15, 0.2) is 53.4 Å². The lowest BCUT2D eigenvalue weighted by atomic mass is 9.70. The smallest absolute Gasteiger partial charge is 0.268 e. The minimum atomic E-state index is -4.09. The topological polar surface area (TPSA) is 123 Å². The third-order valence-corrected chi connectivity index (χ3v) is 12.1. The summed E-state index contributed by atoms with van der Waals surface area (Å²) >= 11 is 12.4. The van der Waals surface area contributed by atoms with E-state index in [4.69, 9.17) is 23.2 Å². The van der Waals surface area contributed by atoms with Crippen LogP contribution in [0, 0.1) is 5.41 Å². The summed E-state index contributed by atoms with van der Waals surface area (Å²) in [5.41, 5.74) is 0.00499. The van der Waals surface area contributed by atoms with Crippen LogP contribution in [0.4, 0.5) is 0 Å². The number of benzene rings is 2. The Morgan fingerprint density at radius 2 is 1.80 bits per heavy atom. The van der Waals surface area contributed by atoms with Crippen molar-refractivity contribution in [2.75, 3.05) is 19.6 Å². The average molecular weight is 675 g/mol. The van der Waals surface area contributed by atoms with Gasteiger partial charge >= 0.3 is 0 Å². The molecule has 0 spiro atoms. The lowest BCUT2D eigenvalue weighted by Gasteiger charge is -2.70. The molecular weight excluding hydrogens is 637 g/mol. The summed E-state index contributed by atoms with van der Waals surface area (Å²) in [5, 5.41) is 4.14. The molecule has 0 aliphatic carbocycles. The lowest BCUT2D eigenvalue weighted by Crippen LogP contribution is -2.89. The van der Waals surface area contributed by atoms with E-state index in [1.807, 2.05) is 52.0 Å². The van der Waals surface area contributed by atoms with Crippen molar-refractivity contribution < 1.29 is 22.8 Å². The number of nitrogens with one attached hydrogen (secondary N) is 2. The van der Waals surface area contributed by atoms with E-state index in [0.29, 0.717) is 25.1 Å². The third-order valence-electron chi connectivity index (χ3n) is 9.49. The van der Waals surface area contributed by atoms with Crippen LogP contribution in [0.5, 0.6) is 0 Å². The first kappa shape index (κ1) is 31.8. The van der Waals surface area contributed by atoms with Crippen LogP contribution in [0.2, 0.25) is 10.0 Å². The van der Waals surface area contributed by atoms with Crippen LogP contribution in [0.25, 0.3) is 10.9 Å². The van der Waals surface area contributed by atoms with Gasteiger partial charge in [-0.3, -0.25) is 14.4 Å². The molecule has 0 saturated carbocycles. The molecule has 4 heterocycles. The number of rotatable bonds is 6. The number of piperidine rings is 1. The number of sulfonamides is 1. The predicted octanol–water partition coefficient (Wildman–Crippen LogP) is 4.67. The number of para-hydroxylation sites is 1. The zero-order valence-electron chi connectivity index (χ0n) is 25.6. The molecule has 13 heteroatoms. The summed E-state index contributed by atoms with van der Waals surface area (Å²) in [7, 11) is -4.09. The lowest BCUT2D eigenvalue weighted by molar-refractivity contribution is -0.209. The van der Waals surface area contributed by atoms with Gasteiger partial charge in [-0.1, -0.05) is 68.6 Å². The Bertz CT molecular complexity index is 1770. The van der Waals surface area contributed by atoms with Crippen molar-refractivity contribution in [3.63, 3.8) is 0 Å². The summed E-state index contributed by atoms with van der Waals surface area (Å²) in [6.45, 7) is 8.42. The maximum Gasteiger partial charge on any atom is 0.268 e. The van der Waals surface area contributed by atoms with Gasteiger partial charge in [-0.05, 0) is 55.5 Å². The summed E-state index contributed by atoms with van der Waals surface area (Å²) in [6, 6.07) is 11.7. The highest BCUT2D eigenvalue weighted by atomic mass is 35.5. The highest BCUT2D eigenvalue weighted by Crippen LogP contribution is 2.46. The number of H-pyrrole nitrogens is 1. The highest BCUT2D eigenvalue weighted by molar-refractivity contribution is 7.89. The molecule has 45 heavy (non-hydrogen) atoms. The van der Waals surface area contributed by atoms with E-state index in [2.05, 4.69) is 10.3 Å². The normalized spacial score (nSPS) is 24.4. The number of aromatic nitrogens is 1. The van der Waals surface area contributed by atoms with Crippen molar-refractivity contribution in [2.45, 2.75) is 75.5 Å². The van der Waals surface area contributed by atoms with Crippen molar-refractivity contribution in [3.8, 4) is 0 Å². The molecule has 2 aromatic carbocycles. The Kier molecular flexibility index (Phi) is 7.99. The van der Waals surface area contributed by atoms with E-state index >= 15 is 0 Å². The molecular formula is C32H37Cl2N5O5S. The van der Waals surface area contributed by atoms with Crippen molar-refractivity contribution in [1.29, 1.82) is 0 Å². The number of fused-ring (bicyclic) bond motifs is 2. The van der Waals surface area contributed by atoms with Gasteiger partial charge in [0.05, 0.1) is 16.6 Å². The van der Waals surface area contributed by atoms with E-state index in [-0.39, 0.29) is 51.8 Å². The van der Waals surface area contributed by atoms with E-state index in [0.717, 1.165) is 17.3 Å². The number of halogens is 2. The molecule has 1 aromatic heterocycles. The molecule has 3 aromatic rings. The number of nitrogens with zero attached hydrogens (tertiary/aromatic N) is 3. The third kappa shape index (κ3) is 5.41. The Morgan fingerprint density at radius 3 is 2.47 bits per heavy atom. The molecule has 3 aliphatic rings. The average Bonchev–Trinajstić information content (AvgIpc) is 3.43. The molecule has 0 radical (unpaired) electrons. The zero-order valence-corrected chi connectivity index (χ0v) is 28.0.